The molecule has 2 fully saturated rings. The third-order valence-electron chi connectivity index (χ3n) is 6.63. The first-order valence-corrected chi connectivity index (χ1v) is 11.5. The van der Waals surface area contributed by atoms with Crippen LogP contribution in [-0.4, -0.2) is 50.5 Å². The van der Waals surface area contributed by atoms with E-state index in [9.17, 15) is 4.79 Å². The molecule has 34 heavy (non-hydrogen) atoms. The normalized spacial score (nSPS) is 20.7. The second kappa shape index (κ2) is 8.33. The summed E-state index contributed by atoms with van der Waals surface area (Å²) in [5.41, 5.74) is 9.21. The smallest absolute Gasteiger partial charge is 0.245 e. The van der Waals surface area contributed by atoms with Crippen molar-refractivity contribution in [3.8, 4) is 29.0 Å². The molecule has 3 atom stereocenters. The third-order valence-corrected chi connectivity index (χ3v) is 6.92. The number of rotatable bonds is 4. The summed E-state index contributed by atoms with van der Waals surface area (Å²) in [6.07, 6.45) is 2.83. The van der Waals surface area contributed by atoms with Crippen LogP contribution in [0.2, 0.25) is 5.02 Å². The Labute approximate surface area is 202 Å². The summed E-state index contributed by atoms with van der Waals surface area (Å²) < 4.78 is 7.43. The van der Waals surface area contributed by atoms with Crippen molar-refractivity contribution in [3.63, 3.8) is 0 Å². The highest BCUT2D eigenvalue weighted by Gasteiger charge is 2.55. The fourth-order valence-electron chi connectivity index (χ4n) is 4.94. The third kappa shape index (κ3) is 3.48. The molecule has 3 aromatic heterocycles. The van der Waals surface area contributed by atoms with Crippen LogP contribution in [0.4, 0.5) is 5.82 Å². The number of carbonyl (C=O) groups excluding carboxylic acids is 1. The second-order valence-corrected chi connectivity index (χ2v) is 9.31. The van der Waals surface area contributed by atoms with Crippen LogP contribution in [0.15, 0.2) is 31.1 Å². The van der Waals surface area contributed by atoms with Crippen molar-refractivity contribution >= 4 is 34.4 Å². The molecule has 0 radical (unpaired) electrons. The van der Waals surface area contributed by atoms with Gasteiger partial charge in [0.1, 0.15) is 28.5 Å². The standard InChI is InChI=1S/C25H25ClN6O2/c1-5-20(33)31-10-15-14(16(15)11-31)6-9-19-21(18-8-7-17(26)25(30-18)34-4)22-23(27)28-12-29-24(22)32(19)13(2)3/h5,7-8,12-16H,1,10-11H2,2-4H3,(H2,27,28,29)/t14?,15-,16+. The lowest BCUT2D eigenvalue weighted by Gasteiger charge is -2.16. The van der Waals surface area contributed by atoms with Gasteiger partial charge in [-0.15, -0.1) is 0 Å². The maximum atomic E-state index is 11.9. The summed E-state index contributed by atoms with van der Waals surface area (Å²) in [4.78, 5) is 27.1. The lowest BCUT2D eigenvalue weighted by Crippen LogP contribution is -2.29. The predicted octanol–water partition coefficient (Wildman–Crippen LogP) is 3.56. The number of pyridine rings is 1. The molecule has 0 spiro atoms. The topological polar surface area (TPSA) is 99.2 Å². The van der Waals surface area contributed by atoms with Crippen LogP contribution >= 0.6 is 11.6 Å². The Morgan fingerprint density at radius 3 is 2.71 bits per heavy atom. The van der Waals surface area contributed by atoms with Gasteiger partial charge in [0.2, 0.25) is 11.8 Å². The van der Waals surface area contributed by atoms with E-state index in [0.717, 1.165) is 24.3 Å². The zero-order valence-electron chi connectivity index (χ0n) is 19.2. The highest BCUT2D eigenvalue weighted by molar-refractivity contribution is 6.31. The molecule has 1 saturated carbocycles. The number of nitrogens with zero attached hydrogens (tertiary/aromatic N) is 5. The van der Waals surface area contributed by atoms with E-state index in [1.807, 2.05) is 11.0 Å². The molecule has 0 aromatic carbocycles. The number of amides is 1. The van der Waals surface area contributed by atoms with Gasteiger partial charge in [-0.3, -0.25) is 4.79 Å². The van der Waals surface area contributed by atoms with Gasteiger partial charge in [0.15, 0.2) is 0 Å². The fraction of sp³-hybridized carbons (Fsp3) is 0.360. The molecule has 8 nitrogen and oxygen atoms in total. The molecule has 1 unspecified atom stereocenters. The number of piperidine rings is 1. The first-order chi connectivity index (χ1) is 16.3. The molecule has 1 amide bonds. The average molecular weight is 477 g/mol. The molecule has 2 aliphatic rings. The van der Waals surface area contributed by atoms with Gasteiger partial charge in [0.25, 0.3) is 0 Å². The van der Waals surface area contributed by atoms with Gasteiger partial charge in [-0.25, -0.2) is 15.0 Å². The van der Waals surface area contributed by atoms with Crippen LogP contribution in [0.25, 0.3) is 22.3 Å². The number of ether oxygens (including phenoxy) is 1. The summed E-state index contributed by atoms with van der Waals surface area (Å²) in [7, 11) is 1.53. The van der Waals surface area contributed by atoms with E-state index in [-0.39, 0.29) is 17.9 Å². The maximum Gasteiger partial charge on any atom is 0.245 e. The summed E-state index contributed by atoms with van der Waals surface area (Å²) in [6, 6.07) is 3.64. The van der Waals surface area contributed by atoms with Gasteiger partial charge < -0.3 is 19.9 Å². The number of methoxy groups -OCH3 is 1. The largest absolute Gasteiger partial charge is 0.480 e. The number of halogens is 1. The van der Waals surface area contributed by atoms with Crippen molar-refractivity contribution in [1.82, 2.24) is 24.4 Å². The minimum Gasteiger partial charge on any atom is -0.480 e. The SMILES string of the molecule is C=CC(=O)N1C[C@@H]2C(C#Cc3c(-c4ccc(Cl)c(OC)n4)c4c(N)ncnc4n3C(C)C)[C@@H]2C1. The molecular weight excluding hydrogens is 452 g/mol. The van der Waals surface area contributed by atoms with E-state index < -0.39 is 0 Å². The molecule has 1 saturated heterocycles. The average Bonchev–Trinajstić information content (AvgIpc) is 3.15. The predicted molar refractivity (Wildman–Crippen MR) is 131 cm³/mol. The Kier molecular flexibility index (Phi) is 5.45. The number of anilines is 1. The van der Waals surface area contributed by atoms with E-state index in [2.05, 4.69) is 51.8 Å². The lowest BCUT2D eigenvalue weighted by atomic mass is 10.1. The Hall–Kier alpha value is -3.57. The number of carbonyl (C=O) groups is 1. The number of likely N-dealkylation sites (tertiary alicyclic amines) is 1. The van der Waals surface area contributed by atoms with Crippen LogP contribution < -0.4 is 10.5 Å². The monoisotopic (exact) mass is 476 g/mol. The lowest BCUT2D eigenvalue weighted by molar-refractivity contribution is -0.125. The number of hydrogen-bond acceptors (Lipinski definition) is 6. The summed E-state index contributed by atoms with van der Waals surface area (Å²) >= 11 is 6.23. The summed E-state index contributed by atoms with van der Waals surface area (Å²) in [5, 5.41) is 1.12. The van der Waals surface area contributed by atoms with Gasteiger partial charge in [-0.1, -0.05) is 24.1 Å². The van der Waals surface area contributed by atoms with Crippen molar-refractivity contribution < 1.29 is 9.53 Å². The minimum absolute atomic E-state index is 0.0158. The van der Waals surface area contributed by atoms with Gasteiger partial charge in [0, 0.05) is 30.6 Å². The molecule has 4 heterocycles. The summed E-state index contributed by atoms with van der Waals surface area (Å²) in [5.74, 6) is 8.61. The van der Waals surface area contributed by atoms with E-state index in [1.54, 1.807) is 6.07 Å². The van der Waals surface area contributed by atoms with Crippen LogP contribution in [0.5, 0.6) is 5.88 Å². The van der Waals surface area contributed by atoms with Gasteiger partial charge in [-0.2, -0.15) is 0 Å². The molecule has 9 heteroatoms. The fourth-order valence-corrected chi connectivity index (χ4v) is 5.12. The zero-order valence-corrected chi connectivity index (χ0v) is 20.0. The van der Waals surface area contributed by atoms with Crippen molar-refractivity contribution in [2.24, 2.45) is 17.8 Å². The van der Waals surface area contributed by atoms with E-state index >= 15 is 0 Å². The number of hydrogen-bond donors (Lipinski definition) is 1. The minimum atomic E-state index is -0.0158. The molecule has 1 aliphatic heterocycles. The van der Waals surface area contributed by atoms with Crippen LogP contribution in [0, 0.1) is 29.6 Å². The van der Waals surface area contributed by atoms with Gasteiger partial charge in [0.05, 0.1) is 18.2 Å². The first-order valence-electron chi connectivity index (χ1n) is 11.1. The molecule has 2 N–H and O–H groups in total. The molecule has 0 bridgehead atoms. The number of aromatic nitrogens is 4. The Morgan fingerprint density at radius 1 is 1.32 bits per heavy atom. The van der Waals surface area contributed by atoms with Crippen molar-refractivity contribution in [2.45, 2.75) is 19.9 Å². The van der Waals surface area contributed by atoms with Gasteiger partial charge >= 0.3 is 0 Å². The molecule has 174 valence electrons. The van der Waals surface area contributed by atoms with E-state index in [4.69, 9.17) is 22.1 Å². The quantitative estimate of drug-likeness (QED) is 0.456. The highest BCUT2D eigenvalue weighted by atomic mass is 35.5. The molecule has 3 aromatic rings. The number of fused-ring (bicyclic) bond motifs is 2. The van der Waals surface area contributed by atoms with Crippen molar-refractivity contribution in [2.75, 3.05) is 25.9 Å². The first kappa shape index (κ1) is 22.2. The Balaban J connectivity index is 1.63. The van der Waals surface area contributed by atoms with Crippen molar-refractivity contribution in [1.29, 1.82) is 0 Å². The Morgan fingerprint density at radius 2 is 2.06 bits per heavy atom. The van der Waals surface area contributed by atoms with E-state index in [1.165, 1.54) is 19.5 Å². The van der Waals surface area contributed by atoms with E-state index in [0.29, 0.717) is 45.3 Å². The Bertz CT molecular complexity index is 1370. The highest BCUT2D eigenvalue weighted by Crippen LogP contribution is 2.51. The molecular formula is C25H25ClN6O2. The molecule has 5 rings (SSSR count). The van der Waals surface area contributed by atoms with Crippen LogP contribution in [0.1, 0.15) is 25.6 Å². The molecule has 1 aliphatic carbocycles. The zero-order chi connectivity index (χ0) is 24.1. The van der Waals surface area contributed by atoms with Crippen LogP contribution in [0.3, 0.4) is 0 Å². The number of nitrogen functional groups attached to an aromatic ring is 1. The van der Waals surface area contributed by atoms with Crippen molar-refractivity contribution in [3.05, 3.63) is 41.8 Å². The maximum absolute atomic E-state index is 11.9. The second-order valence-electron chi connectivity index (χ2n) is 8.90. The van der Waals surface area contributed by atoms with Gasteiger partial charge in [-0.05, 0) is 49.8 Å². The van der Waals surface area contributed by atoms with Crippen LogP contribution in [-0.2, 0) is 4.79 Å². The number of nitrogens with two attached hydrogens (primary N) is 1. The summed E-state index contributed by atoms with van der Waals surface area (Å²) in [6.45, 7) is 9.19.